The Bertz CT molecular complexity index is 569. The van der Waals surface area contributed by atoms with Gasteiger partial charge < -0.3 is 14.8 Å². The van der Waals surface area contributed by atoms with Crippen LogP contribution in [0, 0.1) is 0 Å². The number of carbonyl (C=O) groups excluding carboxylic acids is 1. The Balaban J connectivity index is 0.00000625. The van der Waals surface area contributed by atoms with Gasteiger partial charge in [-0.1, -0.05) is 32.6 Å². The van der Waals surface area contributed by atoms with Crippen molar-refractivity contribution in [2.45, 2.75) is 51.6 Å². The van der Waals surface area contributed by atoms with E-state index in [9.17, 15) is 28.0 Å². The van der Waals surface area contributed by atoms with Gasteiger partial charge in [0.25, 0.3) is 5.84 Å². The zero-order valence-corrected chi connectivity index (χ0v) is 18.7. The smallest absolute Gasteiger partial charge is 0.748 e. The second-order valence-corrected chi connectivity index (χ2v) is 8.12. The first-order chi connectivity index (χ1) is 11.7. The topological polar surface area (TPSA) is 127 Å². The summed E-state index contributed by atoms with van der Waals surface area (Å²) >= 11 is 0. The second-order valence-electron chi connectivity index (χ2n) is 6.67. The van der Waals surface area contributed by atoms with Crippen LogP contribution in [-0.4, -0.2) is 83.9 Å². The number of quaternary nitrogens is 1. The molecule has 1 rings (SSSR count). The molecule has 0 aromatic carbocycles. The molecular formula is C16H30N2NaO6S+. The van der Waals surface area contributed by atoms with Gasteiger partial charge in [-0.05, 0) is 6.42 Å². The molecule has 0 aromatic rings. The van der Waals surface area contributed by atoms with Crippen molar-refractivity contribution in [3.05, 3.63) is 0 Å². The quantitative estimate of drug-likeness (QED) is 0.147. The van der Waals surface area contributed by atoms with Crippen molar-refractivity contribution < 1.29 is 62.0 Å². The fourth-order valence-corrected chi connectivity index (χ4v) is 3.90. The molecule has 0 saturated carbocycles. The van der Waals surface area contributed by atoms with E-state index in [1.165, 1.54) is 0 Å². The first-order valence-corrected chi connectivity index (χ1v) is 10.5. The van der Waals surface area contributed by atoms with Crippen LogP contribution in [0.25, 0.3) is 0 Å². The van der Waals surface area contributed by atoms with Gasteiger partial charge in [0.05, 0.1) is 29.0 Å². The normalized spacial score (nSPS) is 21.2. The van der Waals surface area contributed by atoms with Crippen molar-refractivity contribution in [1.82, 2.24) is 0 Å². The molecule has 0 fully saturated rings. The number of hydrogen-bond donors (Lipinski definition) is 2. The van der Waals surface area contributed by atoms with E-state index < -0.39 is 22.0 Å². The Morgan fingerprint density at radius 1 is 1.31 bits per heavy atom. The van der Waals surface area contributed by atoms with Gasteiger partial charge >= 0.3 is 29.6 Å². The van der Waals surface area contributed by atoms with Crippen LogP contribution >= 0.6 is 0 Å². The number of unbranched alkanes of at least 4 members (excludes halogenated alkanes) is 4. The Kier molecular flexibility index (Phi) is 12.6. The van der Waals surface area contributed by atoms with E-state index in [1.54, 1.807) is 0 Å². The van der Waals surface area contributed by atoms with Gasteiger partial charge in [0.1, 0.15) is 25.7 Å². The van der Waals surface area contributed by atoms with E-state index >= 15 is 0 Å². The first kappa shape index (κ1) is 26.1. The average molecular weight is 401 g/mol. The SMILES string of the molecule is CCCCCCCC(=O)C1=NCC[N+]1(CCO)CC(O)CS(=O)(=O)[O-].[Na+]. The average Bonchev–Trinajstić information content (AvgIpc) is 2.88. The van der Waals surface area contributed by atoms with Gasteiger partial charge in [0.2, 0.25) is 5.78 Å². The molecule has 0 spiro atoms. The van der Waals surface area contributed by atoms with Crippen molar-refractivity contribution in [2.24, 2.45) is 4.99 Å². The van der Waals surface area contributed by atoms with Gasteiger partial charge in [-0.3, -0.25) is 9.28 Å². The van der Waals surface area contributed by atoms with Gasteiger partial charge in [0.15, 0.2) is 0 Å². The first-order valence-electron chi connectivity index (χ1n) is 8.91. The van der Waals surface area contributed by atoms with E-state index in [-0.39, 0.29) is 65.4 Å². The van der Waals surface area contributed by atoms with Crippen LogP contribution < -0.4 is 29.6 Å². The predicted molar refractivity (Wildman–Crippen MR) is 93.2 cm³/mol. The van der Waals surface area contributed by atoms with Gasteiger partial charge in [-0.2, -0.15) is 0 Å². The van der Waals surface area contributed by atoms with Crippen LogP contribution in [0.3, 0.4) is 0 Å². The fourth-order valence-electron chi connectivity index (χ4n) is 3.33. The van der Waals surface area contributed by atoms with Crippen LogP contribution in [0.5, 0.6) is 0 Å². The van der Waals surface area contributed by atoms with Crippen molar-refractivity contribution in [3.8, 4) is 0 Å². The summed E-state index contributed by atoms with van der Waals surface area (Å²) in [7, 11) is -4.56. The molecule has 2 N–H and O–H groups in total. The van der Waals surface area contributed by atoms with E-state index in [0.717, 1.165) is 32.1 Å². The number of carbonyl (C=O) groups is 1. The Morgan fingerprint density at radius 3 is 2.54 bits per heavy atom. The molecule has 1 heterocycles. The van der Waals surface area contributed by atoms with Crippen molar-refractivity contribution in [2.75, 3.05) is 38.5 Å². The third-order valence-corrected chi connectivity index (χ3v) is 5.27. The van der Waals surface area contributed by atoms with Crippen LogP contribution in [-0.2, 0) is 14.9 Å². The number of hydrogen-bond acceptors (Lipinski definition) is 7. The summed E-state index contributed by atoms with van der Waals surface area (Å²) in [5.41, 5.74) is 0. The molecule has 0 radical (unpaired) electrons. The summed E-state index contributed by atoms with van der Waals surface area (Å²) in [6.45, 7) is 2.74. The monoisotopic (exact) mass is 401 g/mol. The Morgan fingerprint density at radius 2 is 1.96 bits per heavy atom. The Labute approximate surface area is 178 Å². The number of nitrogens with zero attached hydrogens (tertiary/aromatic N) is 2. The molecule has 0 amide bonds. The summed E-state index contributed by atoms with van der Waals surface area (Å²) in [5, 5.41) is 19.3. The van der Waals surface area contributed by atoms with Crippen molar-refractivity contribution in [1.29, 1.82) is 0 Å². The van der Waals surface area contributed by atoms with E-state index in [2.05, 4.69) is 11.9 Å². The summed E-state index contributed by atoms with van der Waals surface area (Å²) in [6.07, 6.45) is 4.01. The standard InChI is InChI=1S/C16H30N2O6S.Na/c1-2-3-4-5-6-7-15(21)16-17-8-9-18(16,10-11-19)12-14(20)13-25(22,23)24;/h14,19-20H,2-13H2,1H3;/q;+1. The third-order valence-electron chi connectivity index (χ3n) is 4.48. The third kappa shape index (κ3) is 8.88. The summed E-state index contributed by atoms with van der Waals surface area (Å²) in [6, 6.07) is 0. The summed E-state index contributed by atoms with van der Waals surface area (Å²) in [5.74, 6) is -0.747. The fraction of sp³-hybridized carbons (Fsp3) is 0.875. The van der Waals surface area contributed by atoms with Crippen LogP contribution in [0.2, 0.25) is 0 Å². The molecule has 0 aliphatic carbocycles. The molecule has 8 nitrogen and oxygen atoms in total. The van der Waals surface area contributed by atoms with Gasteiger partial charge in [-0.25, -0.2) is 13.4 Å². The zero-order valence-electron chi connectivity index (χ0n) is 15.9. The molecule has 2 unspecified atom stereocenters. The number of aliphatic imine (C=N–C) groups is 1. The number of rotatable bonds is 13. The number of amidine groups is 1. The minimum Gasteiger partial charge on any atom is -0.748 e. The van der Waals surface area contributed by atoms with Crippen LogP contribution in [0.1, 0.15) is 45.4 Å². The molecule has 0 bridgehead atoms. The molecule has 1 aliphatic rings. The maximum absolute atomic E-state index is 12.5. The largest absolute Gasteiger partial charge is 1.00 e. The van der Waals surface area contributed by atoms with E-state index in [0.29, 0.717) is 19.5 Å². The van der Waals surface area contributed by atoms with E-state index in [1.807, 2.05) is 0 Å². The number of ketones is 1. The molecule has 1 aliphatic heterocycles. The maximum Gasteiger partial charge on any atom is 1.00 e. The molecule has 146 valence electrons. The molecule has 0 saturated heterocycles. The molecule has 10 heteroatoms. The summed E-state index contributed by atoms with van der Waals surface area (Å²) < 4.78 is 32.5. The number of aliphatic hydroxyl groups excluding tert-OH is 2. The van der Waals surface area contributed by atoms with Gasteiger partial charge in [-0.15, -0.1) is 0 Å². The molecule has 26 heavy (non-hydrogen) atoms. The minimum absolute atomic E-state index is 0. The second kappa shape index (κ2) is 12.6. The predicted octanol–water partition coefficient (Wildman–Crippen LogP) is -2.95. The minimum atomic E-state index is -4.56. The maximum atomic E-state index is 12.5. The van der Waals surface area contributed by atoms with Gasteiger partial charge in [0, 0.05) is 6.42 Å². The van der Waals surface area contributed by atoms with Crippen LogP contribution in [0.15, 0.2) is 4.99 Å². The van der Waals surface area contributed by atoms with Crippen molar-refractivity contribution >= 4 is 21.7 Å². The number of aliphatic hydroxyl groups is 2. The molecular weight excluding hydrogens is 371 g/mol. The molecule has 2 atom stereocenters. The number of Topliss-reactive ketones (excluding diaryl/α,β-unsaturated/α-hetero) is 1. The van der Waals surface area contributed by atoms with Crippen LogP contribution in [0.4, 0.5) is 0 Å². The molecule has 0 aromatic heterocycles. The zero-order chi connectivity index (χ0) is 18.9. The Hall–Kier alpha value is 0.130. The van der Waals surface area contributed by atoms with E-state index in [4.69, 9.17) is 0 Å². The van der Waals surface area contributed by atoms with Crippen molar-refractivity contribution in [3.63, 3.8) is 0 Å². The summed E-state index contributed by atoms with van der Waals surface area (Å²) in [4.78, 5) is 16.8.